The molecule has 2 aromatic rings. The molecular weight excluding hydrogens is 446 g/mol. The van der Waals surface area contributed by atoms with Gasteiger partial charge in [0.05, 0.1) is 4.47 Å². The number of rotatable bonds is 4. The number of nitrogens with zero attached hydrogens (tertiary/aromatic N) is 3. The smallest absolute Gasteiger partial charge is 0.260 e. The first-order chi connectivity index (χ1) is 11.1. The van der Waals surface area contributed by atoms with Crippen LogP contribution in [0.5, 0.6) is 5.75 Å². The van der Waals surface area contributed by atoms with Gasteiger partial charge in [0.2, 0.25) is 0 Å². The van der Waals surface area contributed by atoms with Gasteiger partial charge in [0.25, 0.3) is 5.91 Å². The van der Waals surface area contributed by atoms with E-state index in [9.17, 15) is 4.79 Å². The minimum atomic E-state index is 0.0126. The van der Waals surface area contributed by atoms with Crippen molar-refractivity contribution in [2.75, 3.05) is 37.7 Å². The van der Waals surface area contributed by atoms with Gasteiger partial charge in [0.1, 0.15) is 5.75 Å². The molecular formula is C15H15Br2N3O2S. The summed E-state index contributed by atoms with van der Waals surface area (Å²) in [5.41, 5.74) is 0. The van der Waals surface area contributed by atoms with Crippen LogP contribution in [-0.4, -0.2) is 48.6 Å². The van der Waals surface area contributed by atoms with E-state index in [1.54, 1.807) is 17.5 Å². The van der Waals surface area contributed by atoms with E-state index in [1.165, 1.54) is 0 Å². The number of hydrogen-bond donors (Lipinski definition) is 0. The minimum absolute atomic E-state index is 0.0126. The second-order valence-corrected chi connectivity index (χ2v) is 7.69. The summed E-state index contributed by atoms with van der Waals surface area (Å²) < 4.78 is 7.41. The van der Waals surface area contributed by atoms with Gasteiger partial charge in [-0.1, -0.05) is 15.9 Å². The number of amides is 1. The Morgan fingerprint density at radius 2 is 2.04 bits per heavy atom. The first-order valence-corrected chi connectivity index (χ1v) is 9.60. The highest BCUT2D eigenvalue weighted by atomic mass is 79.9. The van der Waals surface area contributed by atoms with Crippen LogP contribution in [0.2, 0.25) is 0 Å². The molecule has 2 heterocycles. The molecule has 0 unspecified atom stereocenters. The number of piperazine rings is 1. The molecule has 1 fully saturated rings. The highest BCUT2D eigenvalue weighted by Crippen LogP contribution is 2.28. The van der Waals surface area contributed by atoms with Crippen LogP contribution in [0.1, 0.15) is 0 Å². The van der Waals surface area contributed by atoms with Crippen molar-refractivity contribution < 1.29 is 9.53 Å². The van der Waals surface area contributed by atoms with Crippen molar-refractivity contribution >= 4 is 54.2 Å². The SMILES string of the molecule is O=C(COc1ccc(Br)cc1Br)N1CCN(c2nccs2)CC1. The zero-order valence-electron chi connectivity index (χ0n) is 12.2. The van der Waals surface area contributed by atoms with Crippen LogP contribution in [0, 0.1) is 0 Å². The third-order valence-corrected chi connectivity index (χ3v) is 5.51. The Labute approximate surface area is 155 Å². The Kier molecular flexibility index (Phi) is 5.55. The molecule has 8 heteroatoms. The van der Waals surface area contributed by atoms with Crippen molar-refractivity contribution in [1.82, 2.24) is 9.88 Å². The van der Waals surface area contributed by atoms with Gasteiger partial charge in [-0.05, 0) is 34.1 Å². The number of anilines is 1. The molecule has 1 aromatic carbocycles. The Morgan fingerprint density at radius 3 is 2.70 bits per heavy atom. The van der Waals surface area contributed by atoms with Crippen LogP contribution in [0.4, 0.5) is 5.13 Å². The lowest BCUT2D eigenvalue weighted by Crippen LogP contribution is -2.50. The summed E-state index contributed by atoms with van der Waals surface area (Å²) in [6.07, 6.45) is 1.81. The van der Waals surface area contributed by atoms with Gasteiger partial charge in [-0.15, -0.1) is 11.3 Å². The summed E-state index contributed by atoms with van der Waals surface area (Å²) in [6.45, 7) is 3.06. The number of carbonyl (C=O) groups excluding carboxylic acids is 1. The van der Waals surface area contributed by atoms with Gasteiger partial charge in [0.15, 0.2) is 11.7 Å². The first kappa shape index (κ1) is 16.7. The molecule has 3 rings (SSSR count). The first-order valence-electron chi connectivity index (χ1n) is 7.13. The number of thiazole rings is 1. The van der Waals surface area contributed by atoms with Crippen LogP contribution >= 0.6 is 43.2 Å². The van der Waals surface area contributed by atoms with Crippen LogP contribution in [0.3, 0.4) is 0 Å². The lowest BCUT2D eigenvalue weighted by Gasteiger charge is -2.34. The number of halogens is 2. The topological polar surface area (TPSA) is 45.7 Å². The Morgan fingerprint density at radius 1 is 1.26 bits per heavy atom. The highest BCUT2D eigenvalue weighted by Gasteiger charge is 2.22. The van der Waals surface area contributed by atoms with Gasteiger partial charge in [-0.2, -0.15) is 0 Å². The molecule has 1 aliphatic rings. The van der Waals surface area contributed by atoms with Gasteiger partial charge >= 0.3 is 0 Å². The zero-order valence-corrected chi connectivity index (χ0v) is 16.2. The summed E-state index contributed by atoms with van der Waals surface area (Å²) in [5.74, 6) is 0.682. The average Bonchev–Trinajstić information content (AvgIpc) is 3.08. The van der Waals surface area contributed by atoms with E-state index in [4.69, 9.17) is 4.74 Å². The molecule has 0 bridgehead atoms. The van der Waals surface area contributed by atoms with Gasteiger partial charge < -0.3 is 14.5 Å². The zero-order chi connectivity index (χ0) is 16.2. The number of carbonyl (C=O) groups is 1. The maximum atomic E-state index is 12.3. The van der Waals surface area contributed by atoms with Crippen LogP contribution < -0.4 is 9.64 Å². The van der Waals surface area contributed by atoms with E-state index >= 15 is 0 Å². The van der Waals surface area contributed by atoms with Crippen molar-refractivity contribution in [3.63, 3.8) is 0 Å². The summed E-state index contributed by atoms with van der Waals surface area (Å²) in [4.78, 5) is 20.7. The summed E-state index contributed by atoms with van der Waals surface area (Å²) >= 11 is 8.45. The predicted octanol–water partition coefficient (Wildman–Crippen LogP) is 3.40. The van der Waals surface area contributed by atoms with E-state index < -0.39 is 0 Å². The van der Waals surface area contributed by atoms with E-state index in [1.807, 2.05) is 28.5 Å². The third-order valence-electron chi connectivity index (χ3n) is 3.57. The highest BCUT2D eigenvalue weighted by molar-refractivity contribution is 9.11. The Bertz CT molecular complexity index is 673. The Balaban J connectivity index is 1.50. The van der Waals surface area contributed by atoms with Crippen LogP contribution in [0.15, 0.2) is 38.7 Å². The summed E-state index contributed by atoms with van der Waals surface area (Å²) in [5, 5.41) is 2.99. The second-order valence-electron chi connectivity index (χ2n) is 5.05. The van der Waals surface area contributed by atoms with Gasteiger partial charge in [-0.25, -0.2) is 4.98 Å². The predicted molar refractivity (Wildman–Crippen MR) is 98.2 cm³/mol. The molecule has 0 atom stereocenters. The molecule has 1 saturated heterocycles. The third kappa shape index (κ3) is 4.24. The largest absolute Gasteiger partial charge is 0.483 e. The molecule has 0 N–H and O–H groups in total. The van der Waals surface area contributed by atoms with Crippen molar-refractivity contribution in [1.29, 1.82) is 0 Å². The van der Waals surface area contributed by atoms with Crippen molar-refractivity contribution in [3.05, 3.63) is 38.7 Å². The lowest BCUT2D eigenvalue weighted by atomic mass is 10.3. The number of benzene rings is 1. The standard InChI is InChI=1S/C15H15Br2N3O2S/c16-11-1-2-13(12(17)9-11)22-10-14(21)19-4-6-20(7-5-19)15-18-3-8-23-15/h1-3,8-9H,4-7,10H2. The molecule has 23 heavy (non-hydrogen) atoms. The van der Waals surface area contributed by atoms with Crippen LogP contribution in [-0.2, 0) is 4.79 Å². The van der Waals surface area contributed by atoms with Gasteiger partial charge in [0, 0.05) is 42.2 Å². The molecule has 0 aliphatic carbocycles. The van der Waals surface area contributed by atoms with E-state index in [0.29, 0.717) is 18.8 Å². The van der Waals surface area contributed by atoms with Crippen LogP contribution in [0.25, 0.3) is 0 Å². The summed E-state index contributed by atoms with van der Waals surface area (Å²) in [7, 11) is 0. The number of ether oxygens (including phenoxy) is 1. The molecule has 0 radical (unpaired) electrons. The van der Waals surface area contributed by atoms with Crippen molar-refractivity contribution in [2.24, 2.45) is 0 Å². The lowest BCUT2D eigenvalue weighted by molar-refractivity contribution is -0.133. The molecule has 0 spiro atoms. The maximum absolute atomic E-state index is 12.3. The van der Waals surface area contributed by atoms with Crippen molar-refractivity contribution in [3.8, 4) is 5.75 Å². The monoisotopic (exact) mass is 459 g/mol. The van der Waals surface area contributed by atoms with E-state index in [2.05, 4.69) is 41.7 Å². The quantitative estimate of drug-likeness (QED) is 0.701. The number of aromatic nitrogens is 1. The minimum Gasteiger partial charge on any atom is -0.483 e. The molecule has 0 saturated carbocycles. The normalized spacial score (nSPS) is 14.9. The van der Waals surface area contributed by atoms with Gasteiger partial charge in [-0.3, -0.25) is 4.79 Å². The fraction of sp³-hybridized carbons (Fsp3) is 0.333. The maximum Gasteiger partial charge on any atom is 0.260 e. The molecule has 122 valence electrons. The molecule has 1 aromatic heterocycles. The van der Waals surface area contributed by atoms with E-state index in [-0.39, 0.29) is 12.5 Å². The fourth-order valence-electron chi connectivity index (χ4n) is 2.34. The molecule has 5 nitrogen and oxygen atoms in total. The van der Waals surface area contributed by atoms with E-state index in [0.717, 1.165) is 27.2 Å². The molecule has 1 amide bonds. The second kappa shape index (κ2) is 7.63. The number of hydrogen-bond acceptors (Lipinski definition) is 5. The average molecular weight is 461 g/mol. The fourth-order valence-corrected chi connectivity index (χ4v) is 4.20. The van der Waals surface area contributed by atoms with Crippen molar-refractivity contribution in [2.45, 2.75) is 0 Å². The Hall–Kier alpha value is -1.12. The summed E-state index contributed by atoms with van der Waals surface area (Å²) in [6, 6.07) is 5.62. The molecule has 1 aliphatic heterocycles.